The molecule has 0 unspecified atom stereocenters. The third kappa shape index (κ3) is 1.69. The Morgan fingerprint density at radius 3 is 2.33 bits per heavy atom. The first-order chi connectivity index (χ1) is 5.43. The second-order valence-corrected chi connectivity index (χ2v) is 2.81. The molecule has 0 atom stereocenters. The topological polar surface area (TPSA) is 33.1 Å². The maximum atomic E-state index is 12.0. The van der Waals surface area contributed by atoms with Gasteiger partial charge in [-0.3, -0.25) is 4.98 Å². The highest BCUT2D eigenvalue weighted by Gasteiger charge is 2.34. The van der Waals surface area contributed by atoms with E-state index in [0.29, 0.717) is 6.20 Å². The molecule has 0 saturated heterocycles. The molecule has 0 spiro atoms. The minimum Gasteiger partial charge on any atom is -0.505 e. The standard InChI is InChI=1S/C6H3BrF3NO/c7-5-3(6(8,9)10)1-11-2-4(5)12/h1-2,12H. The molecule has 1 rings (SSSR count). The van der Waals surface area contributed by atoms with E-state index in [9.17, 15) is 13.2 Å². The number of rotatable bonds is 0. The fourth-order valence-corrected chi connectivity index (χ4v) is 1.06. The Morgan fingerprint density at radius 2 is 1.92 bits per heavy atom. The highest BCUT2D eigenvalue weighted by atomic mass is 79.9. The molecule has 0 amide bonds. The molecule has 0 saturated carbocycles. The quantitative estimate of drug-likeness (QED) is 0.758. The Labute approximate surface area is 74.2 Å². The van der Waals surface area contributed by atoms with Crippen LogP contribution in [0.2, 0.25) is 0 Å². The maximum Gasteiger partial charge on any atom is 0.419 e. The van der Waals surface area contributed by atoms with Gasteiger partial charge in [0.15, 0.2) is 0 Å². The molecule has 2 nitrogen and oxygen atoms in total. The van der Waals surface area contributed by atoms with Gasteiger partial charge in [-0.05, 0) is 15.9 Å². The third-order valence-corrected chi connectivity index (χ3v) is 2.00. The molecule has 66 valence electrons. The van der Waals surface area contributed by atoms with Gasteiger partial charge in [-0.25, -0.2) is 0 Å². The SMILES string of the molecule is Oc1cncc(C(F)(F)F)c1Br. The van der Waals surface area contributed by atoms with E-state index in [1.165, 1.54) is 0 Å². The number of halogens is 4. The average molecular weight is 242 g/mol. The lowest BCUT2D eigenvalue weighted by atomic mass is 10.3. The smallest absolute Gasteiger partial charge is 0.419 e. The summed E-state index contributed by atoms with van der Waals surface area (Å²) >= 11 is 2.61. The summed E-state index contributed by atoms with van der Waals surface area (Å²) in [4.78, 5) is 3.21. The zero-order chi connectivity index (χ0) is 9.35. The Hall–Kier alpha value is -0.780. The van der Waals surface area contributed by atoms with Crippen LogP contribution < -0.4 is 0 Å². The van der Waals surface area contributed by atoms with E-state index >= 15 is 0 Å². The van der Waals surface area contributed by atoms with E-state index in [0.717, 1.165) is 6.20 Å². The molecule has 0 aliphatic rings. The molecule has 1 heterocycles. The molecule has 0 aliphatic carbocycles. The molecule has 0 bridgehead atoms. The van der Waals surface area contributed by atoms with Crippen molar-refractivity contribution in [3.05, 3.63) is 22.4 Å². The molecule has 0 fully saturated rings. The van der Waals surface area contributed by atoms with Gasteiger partial charge in [-0.2, -0.15) is 13.2 Å². The summed E-state index contributed by atoms with van der Waals surface area (Å²) in [5.74, 6) is -0.523. The van der Waals surface area contributed by atoms with Crippen LogP contribution in [0.1, 0.15) is 5.56 Å². The maximum absolute atomic E-state index is 12.0. The zero-order valence-electron chi connectivity index (χ0n) is 5.56. The van der Waals surface area contributed by atoms with Crippen LogP contribution in [-0.2, 0) is 6.18 Å². The van der Waals surface area contributed by atoms with E-state index in [4.69, 9.17) is 5.11 Å². The van der Waals surface area contributed by atoms with Gasteiger partial charge < -0.3 is 5.11 Å². The van der Waals surface area contributed by atoms with E-state index in [1.807, 2.05) is 0 Å². The van der Waals surface area contributed by atoms with Crippen LogP contribution in [0.15, 0.2) is 16.9 Å². The molecule has 0 aliphatic heterocycles. The molecular weight excluding hydrogens is 239 g/mol. The van der Waals surface area contributed by atoms with Gasteiger partial charge in [0.25, 0.3) is 0 Å². The first-order valence-electron chi connectivity index (χ1n) is 2.82. The second kappa shape index (κ2) is 2.93. The minimum absolute atomic E-state index is 0.384. The Balaban J connectivity index is 3.26. The third-order valence-electron chi connectivity index (χ3n) is 1.17. The van der Waals surface area contributed by atoms with Gasteiger partial charge in [0.05, 0.1) is 16.2 Å². The average Bonchev–Trinajstić information content (AvgIpc) is 1.92. The minimum atomic E-state index is -4.50. The fraction of sp³-hybridized carbons (Fsp3) is 0.167. The monoisotopic (exact) mass is 241 g/mol. The predicted molar refractivity (Wildman–Crippen MR) is 38.6 cm³/mol. The normalized spacial score (nSPS) is 11.7. The van der Waals surface area contributed by atoms with Crippen LogP contribution in [0.25, 0.3) is 0 Å². The molecule has 6 heteroatoms. The van der Waals surface area contributed by atoms with Gasteiger partial charge in [-0.15, -0.1) is 0 Å². The number of pyridine rings is 1. The first-order valence-corrected chi connectivity index (χ1v) is 3.62. The van der Waals surface area contributed by atoms with E-state index in [2.05, 4.69) is 20.9 Å². The van der Waals surface area contributed by atoms with Crippen LogP contribution in [0.5, 0.6) is 5.75 Å². The van der Waals surface area contributed by atoms with Crippen molar-refractivity contribution in [2.75, 3.05) is 0 Å². The highest BCUT2D eigenvalue weighted by Crippen LogP contribution is 2.37. The summed E-state index contributed by atoms with van der Waals surface area (Å²) in [5.41, 5.74) is -0.984. The van der Waals surface area contributed by atoms with Crippen molar-refractivity contribution in [2.24, 2.45) is 0 Å². The Bertz CT molecular complexity index is 299. The summed E-state index contributed by atoms with van der Waals surface area (Å²) in [6, 6.07) is 0. The van der Waals surface area contributed by atoms with Gasteiger partial charge >= 0.3 is 6.18 Å². The molecule has 0 aromatic carbocycles. The number of alkyl halides is 3. The molecule has 1 aromatic rings. The number of nitrogens with zero attached hydrogens (tertiary/aromatic N) is 1. The van der Waals surface area contributed by atoms with Crippen LogP contribution in [0.3, 0.4) is 0 Å². The van der Waals surface area contributed by atoms with Crippen molar-refractivity contribution >= 4 is 15.9 Å². The van der Waals surface area contributed by atoms with Crippen LogP contribution >= 0.6 is 15.9 Å². The summed E-state index contributed by atoms with van der Waals surface area (Å²) in [6.07, 6.45) is -2.92. The lowest BCUT2D eigenvalue weighted by Gasteiger charge is -2.08. The molecular formula is C6H3BrF3NO. The van der Waals surface area contributed by atoms with E-state index in [1.54, 1.807) is 0 Å². The highest BCUT2D eigenvalue weighted by molar-refractivity contribution is 9.10. The predicted octanol–water partition coefficient (Wildman–Crippen LogP) is 2.57. The second-order valence-electron chi connectivity index (χ2n) is 2.02. The molecule has 12 heavy (non-hydrogen) atoms. The number of hydrogen-bond acceptors (Lipinski definition) is 2. The van der Waals surface area contributed by atoms with E-state index < -0.39 is 17.5 Å². The van der Waals surface area contributed by atoms with Crippen molar-refractivity contribution in [1.29, 1.82) is 0 Å². The lowest BCUT2D eigenvalue weighted by Crippen LogP contribution is -2.06. The molecule has 1 aromatic heterocycles. The Morgan fingerprint density at radius 1 is 1.33 bits per heavy atom. The van der Waals surface area contributed by atoms with Crippen LogP contribution in [0.4, 0.5) is 13.2 Å². The number of aromatic hydroxyl groups is 1. The van der Waals surface area contributed by atoms with Gasteiger partial charge in [0.1, 0.15) is 5.75 Å². The molecule has 1 N–H and O–H groups in total. The number of hydrogen-bond donors (Lipinski definition) is 1. The van der Waals surface area contributed by atoms with Crippen molar-refractivity contribution in [1.82, 2.24) is 4.98 Å². The van der Waals surface area contributed by atoms with Crippen molar-refractivity contribution < 1.29 is 18.3 Å². The van der Waals surface area contributed by atoms with Crippen molar-refractivity contribution in [2.45, 2.75) is 6.18 Å². The first kappa shape index (κ1) is 9.31. The van der Waals surface area contributed by atoms with Crippen molar-refractivity contribution in [3.63, 3.8) is 0 Å². The van der Waals surface area contributed by atoms with Gasteiger partial charge in [0.2, 0.25) is 0 Å². The number of aromatic nitrogens is 1. The van der Waals surface area contributed by atoms with E-state index in [-0.39, 0.29) is 4.47 Å². The summed E-state index contributed by atoms with van der Waals surface area (Å²) < 4.78 is 35.8. The Kier molecular flexibility index (Phi) is 2.27. The fourth-order valence-electron chi connectivity index (χ4n) is 0.631. The zero-order valence-corrected chi connectivity index (χ0v) is 7.15. The summed E-state index contributed by atoms with van der Waals surface area (Å²) in [5, 5.41) is 8.85. The van der Waals surface area contributed by atoms with Crippen molar-refractivity contribution in [3.8, 4) is 5.75 Å². The van der Waals surface area contributed by atoms with Gasteiger partial charge in [-0.1, -0.05) is 0 Å². The summed E-state index contributed by atoms with van der Waals surface area (Å²) in [7, 11) is 0. The van der Waals surface area contributed by atoms with Gasteiger partial charge in [0, 0.05) is 6.20 Å². The van der Waals surface area contributed by atoms with Crippen LogP contribution in [-0.4, -0.2) is 10.1 Å². The van der Waals surface area contributed by atoms with Crippen LogP contribution in [0, 0.1) is 0 Å². The molecule has 0 radical (unpaired) electrons. The summed E-state index contributed by atoms with van der Waals surface area (Å²) in [6.45, 7) is 0. The lowest BCUT2D eigenvalue weighted by molar-refractivity contribution is -0.138. The largest absolute Gasteiger partial charge is 0.505 e.